The number of likely N-dealkylation sites (N-methyl/N-ethyl adjacent to an activating group) is 2. The first-order valence-electron chi connectivity index (χ1n) is 11.8. The van der Waals surface area contributed by atoms with Gasteiger partial charge in [-0.1, -0.05) is 6.07 Å². The standard InChI is InChI=1S/C26H26BrN3O4S/c1-29-16(12-28)11-25-22-14-3-5-19(31)23(22)34-24(25)18(7-8-26(25,33)20(29)9-14)30(2)21(32)6-4-17-10-15(27)13-35-17/h3-6,10,13,16,18,20,24,31,33H,7-9,11H2,1-2H3/b6-4+/t16?,18-,20-,24+,25+,26-/m1/s1. The van der Waals surface area contributed by atoms with Gasteiger partial charge in [0.2, 0.25) is 5.91 Å². The maximum atomic E-state index is 13.2. The number of ether oxygens (including phenoxy) is 1. The lowest BCUT2D eigenvalue weighted by Crippen LogP contribution is -2.79. The van der Waals surface area contributed by atoms with Gasteiger partial charge in [0.15, 0.2) is 11.5 Å². The van der Waals surface area contributed by atoms with Gasteiger partial charge in [0.1, 0.15) is 6.10 Å². The van der Waals surface area contributed by atoms with Crippen LogP contribution in [0.4, 0.5) is 0 Å². The van der Waals surface area contributed by atoms with E-state index >= 15 is 0 Å². The smallest absolute Gasteiger partial charge is 0.246 e. The predicted molar refractivity (Wildman–Crippen MR) is 135 cm³/mol. The molecule has 1 saturated heterocycles. The average molecular weight is 556 g/mol. The van der Waals surface area contributed by atoms with Gasteiger partial charge in [0.05, 0.1) is 29.2 Å². The number of amides is 1. The third kappa shape index (κ3) is 2.97. The molecule has 7 nitrogen and oxygen atoms in total. The Kier molecular flexibility index (Phi) is 5.14. The molecule has 2 bridgehead atoms. The Morgan fingerprint density at radius 1 is 1.46 bits per heavy atom. The molecule has 182 valence electrons. The third-order valence-corrected chi connectivity index (χ3v) is 10.4. The van der Waals surface area contributed by atoms with Gasteiger partial charge >= 0.3 is 0 Å². The Morgan fingerprint density at radius 3 is 2.97 bits per heavy atom. The molecule has 2 aliphatic carbocycles. The highest BCUT2D eigenvalue weighted by Gasteiger charge is 2.74. The van der Waals surface area contributed by atoms with Crippen molar-refractivity contribution in [2.75, 3.05) is 14.1 Å². The number of halogens is 1. The fourth-order valence-electron chi connectivity index (χ4n) is 7.14. The molecule has 2 aromatic rings. The number of phenols is 1. The first-order valence-corrected chi connectivity index (χ1v) is 13.4. The molecule has 2 fully saturated rings. The summed E-state index contributed by atoms with van der Waals surface area (Å²) in [6.07, 6.45) is 4.83. The number of carbonyl (C=O) groups excluding carboxylic acids is 1. The Hall–Kier alpha value is -2.38. The topological polar surface area (TPSA) is 97.0 Å². The van der Waals surface area contributed by atoms with E-state index in [1.165, 1.54) is 0 Å². The van der Waals surface area contributed by atoms with Crippen molar-refractivity contribution in [3.63, 3.8) is 0 Å². The number of nitrogens with zero attached hydrogens (tertiary/aromatic N) is 3. The SMILES string of the molecule is CN(C(=O)/C=C/c1cc(Br)cs1)[C@@H]1CC[C@@]2(O)[C@H]3Cc4ccc(O)c5c4[C@@]2(CC(C#N)N3C)[C@H]1O5. The van der Waals surface area contributed by atoms with Crippen molar-refractivity contribution >= 4 is 39.2 Å². The summed E-state index contributed by atoms with van der Waals surface area (Å²) in [6, 6.07) is 6.99. The molecule has 1 saturated carbocycles. The number of phenolic OH excluding ortho intramolecular Hbond substituents is 1. The molecule has 6 atom stereocenters. The van der Waals surface area contributed by atoms with Crippen molar-refractivity contribution in [1.82, 2.24) is 9.80 Å². The summed E-state index contributed by atoms with van der Waals surface area (Å²) in [6.45, 7) is 0. The maximum Gasteiger partial charge on any atom is 0.246 e. The van der Waals surface area contributed by atoms with Gasteiger partial charge in [0.25, 0.3) is 0 Å². The zero-order valence-electron chi connectivity index (χ0n) is 19.4. The van der Waals surface area contributed by atoms with E-state index in [4.69, 9.17) is 4.74 Å². The second-order valence-electron chi connectivity index (χ2n) is 10.2. The number of aromatic hydroxyl groups is 1. The lowest BCUT2D eigenvalue weighted by atomic mass is 9.47. The van der Waals surface area contributed by atoms with Crippen LogP contribution in [0.25, 0.3) is 6.08 Å². The molecular weight excluding hydrogens is 530 g/mol. The van der Waals surface area contributed by atoms with Gasteiger partial charge in [-0.3, -0.25) is 9.69 Å². The molecule has 1 aromatic heterocycles. The molecule has 2 aliphatic heterocycles. The molecule has 0 radical (unpaired) electrons. The summed E-state index contributed by atoms with van der Waals surface area (Å²) < 4.78 is 7.47. The fraction of sp³-hybridized carbons (Fsp3) is 0.462. The Morgan fingerprint density at radius 2 is 2.26 bits per heavy atom. The van der Waals surface area contributed by atoms with Crippen molar-refractivity contribution < 1.29 is 19.7 Å². The van der Waals surface area contributed by atoms with Crippen LogP contribution in [0.5, 0.6) is 11.5 Å². The number of likely N-dealkylation sites (tertiary alicyclic amines) is 1. The Labute approximate surface area is 216 Å². The zero-order valence-corrected chi connectivity index (χ0v) is 21.8. The van der Waals surface area contributed by atoms with Crippen molar-refractivity contribution in [1.29, 1.82) is 5.26 Å². The van der Waals surface area contributed by atoms with E-state index in [0.717, 1.165) is 20.5 Å². The van der Waals surface area contributed by atoms with Crippen LogP contribution in [0, 0.1) is 11.3 Å². The molecule has 9 heteroatoms. The monoisotopic (exact) mass is 555 g/mol. The summed E-state index contributed by atoms with van der Waals surface area (Å²) in [7, 11) is 3.68. The number of carbonyl (C=O) groups is 1. The third-order valence-electron chi connectivity index (χ3n) is 8.78. The predicted octanol–water partition coefficient (Wildman–Crippen LogP) is 3.43. The Bertz CT molecular complexity index is 1300. The van der Waals surface area contributed by atoms with E-state index in [9.17, 15) is 20.3 Å². The van der Waals surface area contributed by atoms with Crippen molar-refractivity contribution in [2.24, 2.45) is 0 Å². The molecule has 3 heterocycles. The van der Waals surface area contributed by atoms with Crippen LogP contribution in [0.3, 0.4) is 0 Å². The summed E-state index contributed by atoms with van der Waals surface area (Å²) >= 11 is 4.98. The van der Waals surface area contributed by atoms with Crippen LogP contribution >= 0.6 is 27.3 Å². The van der Waals surface area contributed by atoms with Gasteiger partial charge in [-0.2, -0.15) is 5.26 Å². The fourth-order valence-corrected chi connectivity index (χ4v) is 8.48. The van der Waals surface area contributed by atoms with Crippen molar-refractivity contribution in [3.05, 3.63) is 50.1 Å². The molecule has 1 amide bonds. The van der Waals surface area contributed by atoms with Crippen LogP contribution in [0.2, 0.25) is 0 Å². The molecule has 1 spiro atoms. The first kappa shape index (κ1) is 23.0. The summed E-state index contributed by atoms with van der Waals surface area (Å²) in [4.78, 5) is 17.9. The van der Waals surface area contributed by atoms with Gasteiger partial charge in [-0.15, -0.1) is 11.3 Å². The van der Waals surface area contributed by atoms with E-state index < -0.39 is 23.2 Å². The van der Waals surface area contributed by atoms with E-state index in [-0.39, 0.29) is 23.7 Å². The van der Waals surface area contributed by atoms with Crippen molar-refractivity contribution in [2.45, 2.75) is 60.9 Å². The van der Waals surface area contributed by atoms with Gasteiger partial charge in [0, 0.05) is 39.5 Å². The molecule has 4 aliphatic rings. The van der Waals surface area contributed by atoms with E-state index in [1.807, 2.05) is 29.5 Å². The highest BCUT2D eigenvalue weighted by Crippen LogP contribution is 2.66. The summed E-state index contributed by atoms with van der Waals surface area (Å²) in [5.74, 6) is 0.288. The maximum absolute atomic E-state index is 13.2. The highest BCUT2D eigenvalue weighted by atomic mass is 79.9. The lowest BCUT2D eigenvalue weighted by molar-refractivity contribution is -0.202. The number of nitriles is 1. The quantitative estimate of drug-likeness (QED) is 0.563. The molecular formula is C26H26BrN3O4S. The number of rotatable bonds is 3. The normalized spacial score (nSPS) is 34.8. The number of aliphatic hydroxyl groups is 1. The molecule has 35 heavy (non-hydrogen) atoms. The molecule has 1 unspecified atom stereocenters. The minimum absolute atomic E-state index is 0.0386. The van der Waals surface area contributed by atoms with Crippen LogP contribution in [-0.4, -0.2) is 69.8 Å². The van der Waals surface area contributed by atoms with Crippen LogP contribution in [0.1, 0.15) is 35.3 Å². The second kappa shape index (κ2) is 7.81. The van der Waals surface area contributed by atoms with Gasteiger partial charge in [-0.05, 0) is 72.4 Å². The molecule has 6 rings (SSSR count). The van der Waals surface area contributed by atoms with E-state index in [2.05, 4.69) is 22.0 Å². The zero-order chi connectivity index (χ0) is 24.7. The van der Waals surface area contributed by atoms with Crippen LogP contribution < -0.4 is 4.74 Å². The first-order chi connectivity index (χ1) is 16.7. The number of thiophene rings is 1. The lowest BCUT2D eigenvalue weighted by Gasteiger charge is -2.65. The van der Waals surface area contributed by atoms with E-state index in [1.54, 1.807) is 41.5 Å². The molecule has 1 aromatic carbocycles. The number of benzene rings is 1. The summed E-state index contributed by atoms with van der Waals surface area (Å²) in [5, 5.41) is 35.0. The number of piperidine rings is 1. The molecule has 2 N–H and O–H groups in total. The van der Waals surface area contributed by atoms with Gasteiger partial charge in [-0.25, -0.2) is 0 Å². The highest BCUT2D eigenvalue weighted by molar-refractivity contribution is 9.10. The number of hydrogen-bond acceptors (Lipinski definition) is 7. The Balaban J connectivity index is 1.43. The minimum Gasteiger partial charge on any atom is -0.504 e. The van der Waals surface area contributed by atoms with Crippen LogP contribution in [-0.2, 0) is 16.6 Å². The second-order valence-corrected chi connectivity index (χ2v) is 12.0. The van der Waals surface area contributed by atoms with E-state index in [0.29, 0.717) is 31.4 Å². The summed E-state index contributed by atoms with van der Waals surface area (Å²) in [5.41, 5.74) is -0.118. The van der Waals surface area contributed by atoms with Crippen LogP contribution in [0.15, 0.2) is 34.1 Å². The number of hydrogen-bond donors (Lipinski definition) is 2. The van der Waals surface area contributed by atoms with Crippen molar-refractivity contribution in [3.8, 4) is 17.6 Å². The average Bonchev–Trinajstić information content (AvgIpc) is 3.41. The largest absolute Gasteiger partial charge is 0.504 e. The minimum atomic E-state index is -1.12. The van der Waals surface area contributed by atoms with Gasteiger partial charge < -0.3 is 19.8 Å².